The van der Waals surface area contributed by atoms with Crippen molar-refractivity contribution >= 4 is 44.1 Å². The predicted octanol–water partition coefficient (Wildman–Crippen LogP) is 2.75. The zero-order valence-electron chi connectivity index (χ0n) is 16.2. The zero-order chi connectivity index (χ0) is 20.9. The molecule has 1 saturated heterocycles. The number of anilines is 1. The van der Waals surface area contributed by atoms with E-state index >= 15 is 0 Å². The summed E-state index contributed by atoms with van der Waals surface area (Å²) < 4.78 is 29.4. The van der Waals surface area contributed by atoms with Crippen LogP contribution in [0.2, 0.25) is 5.02 Å². The van der Waals surface area contributed by atoms with Gasteiger partial charge in [0.15, 0.2) is 5.82 Å². The maximum Gasteiger partial charge on any atom is 0.243 e. The average molecular weight is 443 g/mol. The highest BCUT2D eigenvalue weighted by Crippen LogP contribution is 2.26. The summed E-state index contributed by atoms with van der Waals surface area (Å²) in [5.41, 5.74) is 2.47. The molecule has 10 heteroatoms. The topological polar surface area (TPSA) is 83.7 Å². The summed E-state index contributed by atoms with van der Waals surface area (Å²) in [5, 5.41) is 9.07. The third kappa shape index (κ3) is 3.10. The van der Waals surface area contributed by atoms with Gasteiger partial charge in [0.25, 0.3) is 0 Å². The second-order valence-corrected chi connectivity index (χ2v) is 9.55. The van der Waals surface area contributed by atoms with Gasteiger partial charge >= 0.3 is 0 Å². The minimum absolute atomic E-state index is 0.250. The lowest BCUT2D eigenvalue weighted by atomic mass is 10.3. The first-order valence-electron chi connectivity index (χ1n) is 9.56. The standard InChI is InChI=1S/C20H19ClN6O2S/c1-14-23-24-20-19(22-17-4-2-3-5-18(17)27(14)20)25-10-12-26(13-11-25)30(28,29)16-8-6-15(21)7-9-16/h2-9H,10-13H2,1H3. The Morgan fingerprint density at radius 2 is 1.63 bits per heavy atom. The number of sulfonamides is 1. The lowest BCUT2D eigenvalue weighted by Crippen LogP contribution is -2.49. The highest BCUT2D eigenvalue weighted by Gasteiger charge is 2.30. The number of hydrogen-bond donors (Lipinski definition) is 0. The molecule has 0 saturated carbocycles. The van der Waals surface area contributed by atoms with Crippen LogP contribution in [0.3, 0.4) is 0 Å². The Morgan fingerprint density at radius 3 is 2.37 bits per heavy atom. The van der Waals surface area contributed by atoms with E-state index in [4.69, 9.17) is 16.6 Å². The van der Waals surface area contributed by atoms with E-state index in [1.165, 1.54) is 16.4 Å². The molecule has 5 rings (SSSR count). The van der Waals surface area contributed by atoms with Gasteiger partial charge in [0.2, 0.25) is 15.7 Å². The molecule has 1 aliphatic heterocycles. The molecule has 0 atom stereocenters. The number of fused-ring (bicyclic) bond motifs is 3. The van der Waals surface area contributed by atoms with E-state index in [2.05, 4.69) is 15.1 Å². The summed E-state index contributed by atoms with van der Waals surface area (Å²) in [4.78, 5) is 7.14. The van der Waals surface area contributed by atoms with Crippen molar-refractivity contribution in [3.05, 3.63) is 59.4 Å². The molecule has 0 spiro atoms. The first-order chi connectivity index (χ1) is 14.4. The molecule has 30 heavy (non-hydrogen) atoms. The normalized spacial score (nSPS) is 15.9. The molecule has 154 valence electrons. The van der Waals surface area contributed by atoms with Crippen molar-refractivity contribution in [1.82, 2.24) is 23.9 Å². The van der Waals surface area contributed by atoms with E-state index < -0.39 is 10.0 Å². The largest absolute Gasteiger partial charge is 0.351 e. The minimum atomic E-state index is -3.56. The van der Waals surface area contributed by atoms with Crippen LogP contribution in [-0.4, -0.2) is 58.5 Å². The number of piperazine rings is 1. The summed E-state index contributed by atoms with van der Waals surface area (Å²) in [6.07, 6.45) is 0. The molecule has 1 fully saturated rings. The van der Waals surface area contributed by atoms with Gasteiger partial charge in [0.1, 0.15) is 5.82 Å². The number of aromatic nitrogens is 4. The van der Waals surface area contributed by atoms with Crippen LogP contribution in [0.25, 0.3) is 16.7 Å². The maximum atomic E-state index is 13.0. The van der Waals surface area contributed by atoms with Gasteiger partial charge in [-0.2, -0.15) is 4.31 Å². The summed E-state index contributed by atoms with van der Waals surface area (Å²) >= 11 is 5.89. The number of nitrogens with zero attached hydrogens (tertiary/aromatic N) is 6. The zero-order valence-corrected chi connectivity index (χ0v) is 17.8. The number of hydrogen-bond acceptors (Lipinski definition) is 6. The fraction of sp³-hybridized carbons (Fsp3) is 0.250. The van der Waals surface area contributed by atoms with Gasteiger partial charge in [-0.25, -0.2) is 13.4 Å². The van der Waals surface area contributed by atoms with Crippen LogP contribution in [0.5, 0.6) is 0 Å². The van der Waals surface area contributed by atoms with Gasteiger partial charge in [0, 0.05) is 31.2 Å². The Kier molecular flexibility index (Phi) is 4.61. The molecule has 8 nitrogen and oxygen atoms in total. The molecule has 0 bridgehead atoms. The Morgan fingerprint density at radius 1 is 0.933 bits per heavy atom. The first kappa shape index (κ1) is 19.2. The Bertz CT molecular complexity index is 1350. The number of halogens is 1. The molecular formula is C20H19ClN6O2S. The van der Waals surface area contributed by atoms with E-state index in [0.717, 1.165) is 22.7 Å². The molecule has 4 aromatic rings. The molecule has 0 N–H and O–H groups in total. The number of rotatable bonds is 3. The Labute approximate surface area is 178 Å². The molecule has 0 radical (unpaired) electrons. The van der Waals surface area contributed by atoms with Gasteiger partial charge in [-0.05, 0) is 43.3 Å². The molecule has 2 aromatic heterocycles. The van der Waals surface area contributed by atoms with E-state index in [-0.39, 0.29) is 4.90 Å². The van der Waals surface area contributed by atoms with E-state index in [9.17, 15) is 8.42 Å². The fourth-order valence-electron chi connectivity index (χ4n) is 3.82. The quantitative estimate of drug-likeness (QED) is 0.485. The molecule has 3 heterocycles. The van der Waals surface area contributed by atoms with Crippen molar-refractivity contribution in [2.45, 2.75) is 11.8 Å². The molecule has 0 unspecified atom stereocenters. The minimum Gasteiger partial charge on any atom is -0.351 e. The van der Waals surface area contributed by atoms with Gasteiger partial charge in [-0.15, -0.1) is 10.2 Å². The second kappa shape index (κ2) is 7.19. The van der Waals surface area contributed by atoms with Gasteiger partial charge in [-0.3, -0.25) is 4.40 Å². The van der Waals surface area contributed by atoms with Gasteiger partial charge < -0.3 is 4.90 Å². The maximum absolute atomic E-state index is 13.0. The first-order valence-corrected chi connectivity index (χ1v) is 11.4. The van der Waals surface area contributed by atoms with Crippen LogP contribution in [0.15, 0.2) is 53.4 Å². The van der Waals surface area contributed by atoms with Crippen LogP contribution < -0.4 is 4.90 Å². The molecular weight excluding hydrogens is 424 g/mol. The summed E-state index contributed by atoms with van der Waals surface area (Å²) in [6.45, 7) is 3.66. The van der Waals surface area contributed by atoms with Crippen LogP contribution in [-0.2, 0) is 10.0 Å². The van der Waals surface area contributed by atoms with Crippen molar-refractivity contribution in [3.8, 4) is 0 Å². The van der Waals surface area contributed by atoms with Crippen molar-refractivity contribution in [2.75, 3.05) is 31.1 Å². The monoisotopic (exact) mass is 442 g/mol. The van der Waals surface area contributed by atoms with Crippen LogP contribution in [0, 0.1) is 6.92 Å². The average Bonchev–Trinajstić information content (AvgIpc) is 3.15. The van der Waals surface area contributed by atoms with E-state index in [1.54, 1.807) is 12.1 Å². The molecule has 0 aliphatic carbocycles. The van der Waals surface area contributed by atoms with Gasteiger partial charge in [0.05, 0.1) is 15.9 Å². The van der Waals surface area contributed by atoms with Crippen molar-refractivity contribution in [3.63, 3.8) is 0 Å². The molecule has 0 amide bonds. The Balaban J connectivity index is 1.46. The lowest BCUT2D eigenvalue weighted by Gasteiger charge is -2.34. The third-order valence-electron chi connectivity index (χ3n) is 5.36. The highest BCUT2D eigenvalue weighted by molar-refractivity contribution is 7.89. The number of aryl methyl sites for hydroxylation is 1. The molecule has 2 aromatic carbocycles. The van der Waals surface area contributed by atoms with Gasteiger partial charge in [-0.1, -0.05) is 23.7 Å². The summed E-state index contributed by atoms with van der Waals surface area (Å²) in [6, 6.07) is 14.1. The van der Waals surface area contributed by atoms with E-state index in [1.807, 2.05) is 35.6 Å². The van der Waals surface area contributed by atoms with E-state index in [0.29, 0.717) is 36.8 Å². The second-order valence-electron chi connectivity index (χ2n) is 7.18. The number of para-hydroxylation sites is 2. The predicted molar refractivity (Wildman–Crippen MR) is 115 cm³/mol. The fourth-order valence-corrected chi connectivity index (χ4v) is 5.36. The lowest BCUT2D eigenvalue weighted by molar-refractivity contribution is 0.384. The summed E-state index contributed by atoms with van der Waals surface area (Å²) in [7, 11) is -3.56. The van der Waals surface area contributed by atoms with Crippen molar-refractivity contribution in [2.24, 2.45) is 0 Å². The van der Waals surface area contributed by atoms with Crippen LogP contribution in [0.4, 0.5) is 5.82 Å². The summed E-state index contributed by atoms with van der Waals surface area (Å²) in [5.74, 6) is 1.51. The van der Waals surface area contributed by atoms with Crippen molar-refractivity contribution in [1.29, 1.82) is 0 Å². The highest BCUT2D eigenvalue weighted by atomic mass is 35.5. The SMILES string of the molecule is Cc1nnc2c(N3CCN(S(=O)(=O)c4ccc(Cl)cc4)CC3)nc3ccccc3n12. The Hall–Kier alpha value is -2.75. The molecule has 1 aliphatic rings. The smallest absolute Gasteiger partial charge is 0.243 e. The third-order valence-corrected chi connectivity index (χ3v) is 7.53. The van der Waals surface area contributed by atoms with Crippen LogP contribution >= 0.6 is 11.6 Å². The van der Waals surface area contributed by atoms with Crippen LogP contribution in [0.1, 0.15) is 5.82 Å². The number of benzene rings is 2. The van der Waals surface area contributed by atoms with Crippen molar-refractivity contribution < 1.29 is 8.42 Å².